The summed E-state index contributed by atoms with van der Waals surface area (Å²) in [6.07, 6.45) is -4.70. The number of ether oxygens (including phenoxy) is 1. The lowest BCUT2D eigenvalue weighted by Crippen LogP contribution is -2.17. The van der Waals surface area contributed by atoms with Gasteiger partial charge in [0.2, 0.25) is 5.16 Å². The Labute approximate surface area is 98.6 Å². The van der Waals surface area contributed by atoms with Crippen LogP contribution >= 0.6 is 12.6 Å². The highest BCUT2D eigenvalue weighted by molar-refractivity contribution is 7.80. The van der Waals surface area contributed by atoms with Gasteiger partial charge >= 0.3 is 6.36 Å². The Morgan fingerprint density at radius 1 is 1.18 bits per heavy atom. The molecule has 90 valence electrons. The molecule has 0 radical (unpaired) electrons. The van der Waals surface area contributed by atoms with Gasteiger partial charge < -0.3 is 4.74 Å². The molecule has 0 saturated heterocycles. The van der Waals surface area contributed by atoms with Crippen LogP contribution in [0.25, 0.3) is 5.69 Å². The van der Waals surface area contributed by atoms with Crippen LogP contribution in [0.1, 0.15) is 0 Å². The summed E-state index contributed by atoms with van der Waals surface area (Å²) in [5, 5.41) is 10.7. The number of rotatable bonds is 2. The lowest BCUT2D eigenvalue weighted by atomic mass is 10.3. The number of hydrogen-bond acceptors (Lipinski definition) is 5. The summed E-state index contributed by atoms with van der Waals surface area (Å²) in [5.74, 6) is -0.310. The van der Waals surface area contributed by atoms with Crippen LogP contribution in [0.2, 0.25) is 0 Å². The molecule has 0 bridgehead atoms. The maximum atomic E-state index is 11.9. The second-order valence-electron chi connectivity index (χ2n) is 2.93. The van der Waals surface area contributed by atoms with Crippen molar-refractivity contribution in [3.05, 3.63) is 24.3 Å². The van der Waals surface area contributed by atoms with Crippen molar-refractivity contribution in [1.82, 2.24) is 20.2 Å². The van der Waals surface area contributed by atoms with Gasteiger partial charge in [0.1, 0.15) is 5.75 Å². The molecule has 0 saturated carbocycles. The zero-order chi connectivity index (χ0) is 12.5. The predicted molar refractivity (Wildman–Crippen MR) is 53.1 cm³/mol. The molecule has 0 fully saturated rings. The number of benzene rings is 1. The topological polar surface area (TPSA) is 52.8 Å². The summed E-state index contributed by atoms with van der Waals surface area (Å²) in [7, 11) is 0. The number of tetrazole rings is 1. The third-order valence-electron chi connectivity index (χ3n) is 1.77. The standard InChI is InChI=1S/C8H5F3N4OS/c9-8(10,11)16-6-3-1-5(2-4-6)15-7(17)12-13-14-15/h1-4H,(H,12,14,17). The number of nitrogens with zero attached hydrogens (tertiary/aromatic N) is 4. The van der Waals surface area contributed by atoms with Crippen molar-refractivity contribution in [2.75, 3.05) is 0 Å². The molecule has 1 aromatic heterocycles. The molecule has 2 rings (SSSR count). The van der Waals surface area contributed by atoms with E-state index in [1.807, 2.05) is 0 Å². The molecule has 0 atom stereocenters. The summed E-state index contributed by atoms with van der Waals surface area (Å²) >= 11 is 3.97. The van der Waals surface area contributed by atoms with E-state index in [4.69, 9.17) is 0 Å². The lowest BCUT2D eigenvalue weighted by Gasteiger charge is -2.09. The molecular weight excluding hydrogens is 257 g/mol. The molecule has 1 heterocycles. The molecule has 1 aromatic carbocycles. The molecule has 0 N–H and O–H groups in total. The predicted octanol–water partition coefficient (Wildman–Crippen LogP) is 1.85. The first-order valence-electron chi connectivity index (χ1n) is 4.29. The Bertz CT molecular complexity index is 510. The Balaban J connectivity index is 2.22. The molecule has 0 unspecified atom stereocenters. The van der Waals surface area contributed by atoms with E-state index in [9.17, 15) is 13.2 Å². The Hall–Kier alpha value is -1.77. The van der Waals surface area contributed by atoms with Crippen molar-refractivity contribution < 1.29 is 17.9 Å². The molecule has 9 heteroatoms. The van der Waals surface area contributed by atoms with Crippen LogP contribution in [0.5, 0.6) is 5.75 Å². The lowest BCUT2D eigenvalue weighted by molar-refractivity contribution is -0.274. The van der Waals surface area contributed by atoms with Gasteiger partial charge in [-0.15, -0.1) is 30.9 Å². The number of halogens is 3. The molecule has 0 aliphatic carbocycles. The minimum absolute atomic E-state index is 0.231. The maximum Gasteiger partial charge on any atom is 0.573 e. The van der Waals surface area contributed by atoms with Crippen molar-refractivity contribution >= 4 is 12.6 Å². The molecule has 0 spiro atoms. The van der Waals surface area contributed by atoms with Gasteiger partial charge in [0.15, 0.2) is 0 Å². The van der Waals surface area contributed by atoms with Crippen molar-refractivity contribution in [2.45, 2.75) is 11.5 Å². The van der Waals surface area contributed by atoms with Crippen LogP contribution in [0.15, 0.2) is 29.4 Å². The van der Waals surface area contributed by atoms with Crippen molar-refractivity contribution in [3.63, 3.8) is 0 Å². The normalized spacial score (nSPS) is 11.5. The van der Waals surface area contributed by atoms with Gasteiger partial charge in [0.05, 0.1) is 5.69 Å². The fourth-order valence-electron chi connectivity index (χ4n) is 1.14. The second kappa shape index (κ2) is 4.24. The summed E-state index contributed by atoms with van der Waals surface area (Å²) in [4.78, 5) is 0. The third kappa shape index (κ3) is 2.87. The van der Waals surface area contributed by atoms with E-state index in [-0.39, 0.29) is 10.9 Å². The minimum atomic E-state index is -4.70. The zero-order valence-electron chi connectivity index (χ0n) is 8.09. The first-order valence-corrected chi connectivity index (χ1v) is 4.74. The average molecular weight is 262 g/mol. The highest BCUT2D eigenvalue weighted by atomic mass is 32.1. The van der Waals surface area contributed by atoms with E-state index in [0.29, 0.717) is 5.69 Å². The van der Waals surface area contributed by atoms with Gasteiger partial charge in [-0.05, 0) is 34.7 Å². The first kappa shape index (κ1) is 11.7. The average Bonchev–Trinajstić information content (AvgIpc) is 2.63. The Kier molecular flexibility index (Phi) is 2.92. The second-order valence-corrected chi connectivity index (χ2v) is 3.33. The number of hydrogen-bond donors (Lipinski definition) is 1. The number of alkyl halides is 3. The van der Waals surface area contributed by atoms with Crippen LogP contribution in [-0.2, 0) is 0 Å². The van der Waals surface area contributed by atoms with Crippen molar-refractivity contribution in [3.8, 4) is 11.4 Å². The van der Waals surface area contributed by atoms with E-state index in [1.165, 1.54) is 16.8 Å². The quantitative estimate of drug-likeness (QED) is 0.839. The van der Waals surface area contributed by atoms with Crippen molar-refractivity contribution in [2.24, 2.45) is 0 Å². The number of aromatic nitrogens is 4. The SMILES string of the molecule is FC(F)(F)Oc1ccc(-n2nnnc2S)cc1. The zero-order valence-corrected chi connectivity index (χ0v) is 8.98. The highest BCUT2D eigenvalue weighted by Crippen LogP contribution is 2.23. The molecule has 0 aliphatic rings. The molecule has 0 amide bonds. The molecule has 17 heavy (non-hydrogen) atoms. The van der Waals surface area contributed by atoms with Gasteiger partial charge in [-0.3, -0.25) is 0 Å². The minimum Gasteiger partial charge on any atom is -0.406 e. The molecule has 2 aromatic rings. The van der Waals surface area contributed by atoms with Crippen molar-refractivity contribution in [1.29, 1.82) is 0 Å². The number of thiol groups is 1. The summed E-state index contributed by atoms with van der Waals surface area (Å²) in [6, 6.07) is 5.10. The smallest absolute Gasteiger partial charge is 0.406 e. The third-order valence-corrected chi connectivity index (χ3v) is 2.05. The van der Waals surface area contributed by atoms with Gasteiger partial charge in [0.25, 0.3) is 0 Å². The van der Waals surface area contributed by atoms with E-state index >= 15 is 0 Å². The Morgan fingerprint density at radius 2 is 1.82 bits per heavy atom. The van der Waals surface area contributed by atoms with E-state index in [0.717, 1.165) is 12.1 Å². The summed E-state index contributed by atoms with van der Waals surface area (Å²) in [6.45, 7) is 0. The first-order chi connectivity index (χ1) is 7.96. The van der Waals surface area contributed by atoms with E-state index < -0.39 is 6.36 Å². The molecular formula is C8H5F3N4OS. The largest absolute Gasteiger partial charge is 0.573 e. The van der Waals surface area contributed by atoms with Gasteiger partial charge in [-0.25, -0.2) is 0 Å². The summed E-state index contributed by atoms with van der Waals surface area (Å²) in [5.41, 5.74) is 0.481. The fourth-order valence-corrected chi connectivity index (χ4v) is 1.33. The van der Waals surface area contributed by atoms with Crippen LogP contribution in [0.3, 0.4) is 0 Å². The monoisotopic (exact) mass is 262 g/mol. The van der Waals surface area contributed by atoms with Crippen LogP contribution in [0, 0.1) is 0 Å². The van der Waals surface area contributed by atoms with Crippen LogP contribution in [-0.4, -0.2) is 26.6 Å². The van der Waals surface area contributed by atoms with Gasteiger partial charge in [0, 0.05) is 0 Å². The van der Waals surface area contributed by atoms with Gasteiger partial charge in [-0.1, -0.05) is 0 Å². The molecule has 5 nitrogen and oxygen atoms in total. The van der Waals surface area contributed by atoms with E-state index in [1.54, 1.807) is 0 Å². The fraction of sp³-hybridized carbons (Fsp3) is 0.125. The van der Waals surface area contributed by atoms with Crippen LogP contribution in [0.4, 0.5) is 13.2 Å². The van der Waals surface area contributed by atoms with E-state index in [2.05, 4.69) is 32.9 Å². The van der Waals surface area contributed by atoms with Crippen LogP contribution < -0.4 is 4.74 Å². The maximum absolute atomic E-state index is 11.9. The van der Waals surface area contributed by atoms with Gasteiger partial charge in [-0.2, -0.15) is 4.68 Å². The Morgan fingerprint density at radius 3 is 2.29 bits per heavy atom. The highest BCUT2D eigenvalue weighted by Gasteiger charge is 2.30. The summed E-state index contributed by atoms with van der Waals surface area (Å²) < 4.78 is 40.7. The molecule has 0 aliphatic heterocycles.